The van der Waals surface area contributed by atoms with Crippen molar-refractivity contribution in [2.24, 2.45) is 5.92 Å². The maximum absolute atomic E-state index is 16.3. The number of anilines is 1. The summed E-state index contributed by atoms with van der Waals surface area (Å²) in [6.07, 6.45) is 9.69. The van der Waals surface area contributed by atoms with Crippen LogP contribution < -0.4 is 15.9 Å². The van der Waals surface area contributed by atoms with Crippen LogP contribution in [0.15, 0.2) is 79.8 Å². The second-order valence-electron chi connectivity index (χ2n) is 10.3. The van der Waals surface area contributed by atoms with Crippen LogP contribution in [0.3, 0.4) is 0 Å². The fourth-order valence-corrected chi connectivity index (χ4v) is 5.51. The van der Waals surface area contributed by atoms with Crippen molar-refractivity contribution in [3.05, 3.63) is 102 Å². The monoisotopic (exact) mass is 548 g/mol. The van der Waals surface area contributed by atoms with Gasteiger partial charge < -0.3 is 10.3 Å². The van der Waals surface area contributed by atoms with Gasteiger partial charge in [0.15, 0.2) is 5.82 Å². The van der Waals surface area contributed by atoms with Gasteiger partial charge in [0.2, 0.25) is 0 Å². The molecule has 0 amide bonds. The van der Waals surface area contributed by atoms with Crippen molar-refractivity contribution in [2.45, 2.75) is 32.6 Å². The molecule has 6 rings (SSSR count). The van der Waals surface area contributed by atoms with Crippen LogP contribution in [0.25, 0.3) is 51.2 Å². The molecule has 0 atom stereocenters. The Morgan fingerprint density at radius 3 is 2.61 bits per heavy atom. The van der Waals surface area contributed by atoms with Crippen LogP contribution in [0.5, 0.6) is 0 Å². The Bertz CT molecular complexity index is 1910. The van der Waals surface area contributed by atoms with Crippen LogP contribution in [0.4, 0.5) is 14.5 Å². The molecule has 1 aliphatic carbocycles. The van der Waals surface area contributed by atoms with Crippen molar-refractivity contribution in [3.63, 3.8) is 0 Å². The summed E-state index contributed by atoms with van der Waals surface area (Å²) in [6, 6.07) is 13.9. The molecule has 8 heteroatoms. The zero-order chi connectivity index (χ0) is 28.5. The minimum Gasteiger partial charge on any atom is -0.358 e. The van der Waals surface area contributed by atoms with Gasteiger partial charge in [0.25, 0.3) is 0 Å². The average Bonchev–Trinajstić information content (AvgIpc) is 3.76. The summed E-state index contributed by atoms with van der Waals surface area (Å²) in [6.45, 7) is 10.1. The Morgan fingerprint density at radius 1 is 1.05 bits per heavy atom. The molecule has 0 saturated heterocycles. The lowest BCUT2D eigenvalue weighted by Gasteiger charge is -2.16. The molecule has 1 saturated carbocycles. The molecule has 2 aromatic carbocycles. The van der Waals surface area contributed by atoms with Gasteiger partial charge in [0, 0.05) is 34.2 Å². The van der Waals surface area contributed by atoms with Crippen LogP contribution in [0.1, 0.15) is 38.2 Å². The molecular weight excluding hydrogens is 518 g/mol. The molecule has 206 valence electrons. The smallest absolute Gasteiger partial charge is 0.159 e. The maximum Gasteiger partial charge on any atom is 0.159 e. The minimum atomic E-state index is -0.551. The van der Waals surface area contributed by atoms with E-state index in [9.17, 15) is 4.39 Å². The van der Waals surface area contributed by atoms with Crippen LogP contribution in [0.2, 0.25) is 0 Å². The number of halogens is 2. The van der Waals surface area contributed by atoms with E-state index < -0.39 is 5.83 Å². The first kappa shape index (κ1) is 26.4. The Morgan fingerprint density at radius 2 is 1.83 bits per heavy atom. The Labute approximate surface area is 236 Å². The average molecular weight is 549 g/mol. The fourth-order valence-electron chi connectivity index (χ4n) is 5.51. The van der Waals surface area contributed by atoms with E-state index in [1.54, 1.807) is 43.6 Å². The molecular formula is C33H30F2N6. The van der Waals surface area contributed by atoms with Crippen LogP contribution in [-0.2, 0) is 0 Å². The second-order valence-corrected chi connectivity index (χ2v) is 10.3. The summed E-state index contributed by atoms with van der Waals surface area (Å²) in [7, 11) is 0. The Kier molecular flexibility index (Phi) is 7.05. The van der Waals surface area contributed by atoms with Gasteiger partial charge >= 0.3 is 0 Å². The lowest BCUT2D eigenvalue weighted by Crippen LogP contribution is -2.26. The second kappa shape index (κ2) is 11.0. The first-order chi connectivity index (χ1) is 19.9. The third kappa shape index (κ3) is 4.97. The zero-order valence-corrected chi connectivity index (χ0v) is 22.8. The summed E-state index contributed by atoms with van der Waals surface area (Å²) < 4.78 is 31.0. The summed E-state index contributed by atoms with van der Waals surface area (Å²) >= 11 is 0. The maximum atomic E-state index is 16.3. The molecule has 6 nitrogen and oxygen atoms in total. The fraction of sp³-hybridized carbons (Fsp3) is 0.182. The van der Waals surface area contributed by atoms with E-state index in [2.05, 4.69) is 38.6 Å². The zero-order valence-electron chi connectivity index (χ0n) is 22.8. The number of pyridine rings is 1. The number of para-hydroxylation sites is 1. The van der Waals surface area contributed by atoms with Gasteiger partial charge in [-0.25, -0.2) is 13.8 Å². The normalized spacial score (nSPS) is 15.0. The molecule has 3 N–H and O–H groups in total. The summed E-state index contributed by atoms with van der Waals surface area (Å²) in [5, 5.41) is 11.4. The highest BCUT2D eigenvalue weighted by atomic mass is 19.1. The van der Waals surface area contributed by atoms with Gasteiger partial charge in [-0.2, -0.15) is 5.10 Å². The Hall–Kier alpha value is -4.85. The number of rotatable bonds is 7. The first-order valence-electron chi connectivity index (χ1n) is 13.7. The molecule has 41 heavy (non-hydrogen) atoms. The molecule has 0 aliphatic heterocycles. The molecule has 0 radical (unpaired) electrons. The predicted molar refractivity (Wildman–Crippen MR) is 161 cm³/mol. The highest BCUT2D eigenvalue weighted by molar-refractivity contribution is 5.96. The van der Waals surface area contributed by atoms with Gasteiger partial charge in [0.1, 0.15) is 17.3 Å². The van der Waals surface area contributed by atoms with Crippen molar-refractivity contribution in [1.29, 1.82) is 0 Å². The largest absolute Gasteiger partial charge is 0.358 e. The molecule has 0 spiro atoms. The molecule has 0 unspecified atom stereocenters. The van der Waals surface area contributed by atoms with Gasteiger partial charge in [-0.05, 0) is 43.9 Å². The molecule has 1 fully saturated rings. The van der Waals surface area contributed by atoms with Crippen molar-refractivity contribution in [1.82, 2.24) is 25.1 Å². The molecule has 5 aromatic rings. The molecule has 0 bridgehead atoms. The topological polar surface area (TPSA) is 82.3 Å². The molecule has 3 aromatic heterocycles. The third-order valence-corrected chi connectivity index (χ3v) is 7.71. The summed E-state index contributed by atoms with van der Waals surface area (Å²) in [5.41, 5.74) is 5.00. The van der Waals surface area contributed by atoms with Gasteiger partial charge in [-0.1, -0.05) is 62.4 Å². The number of hydrogen-bond donors (Lipinski definition) is 3. The summed E-state index contributed by atoms with van der Waals surface area (Å²) in [5.74, 6) is -0.109. The van der Waals surface area contributed by atoms with Crippen molar-refractivity contribution in [3.8, 4) is 22.6 Å². The van der Waals surface area contributed by atoms with Gasteiger partial charge in [0.05, 0.1) is 33.5 Å². The SMILES string of the molecule is C=C(/C(F)=c1/c(-c2nc3c(-c4ccccc4F)cccc3[nH]2)n[nH]/c1=C/C)c1cncc(NC(=C)C2CCCC2)c1. The van der Waals surface area contributed by atoms with Crippen molar-refractivity contribution in [2.75, 3.05) is 5.32 Å². The number of nitrogens with one attached hydrogen (secondary N) is 3. The highest BCUT2D eigenvalue weighted by Crippen LogP contribution is 2.33. The lowest BCUT2D eigenvalue weighted by molar-refractivity contribution is 0.631. The van der Waals surface area contributed by atoms with E-state index in [1.165, 1.54) is 18.9 Å². The van der Waals surface area contributed by atoms with E-state index in [-0.39, 0.29) is 16.6 Å². The van der Waals surface area contributed by atoms with Crippen molar-refractivity contribution < 1.29 is 8.78 Å². The number of hydrogen-bond acceptors (Lipinski definition) is 4. The predicted octanol–water partition coefficient (Wildman–Crippen LogP) is 6.86. The van der Waals surface area contributed by atoms with Crippen LogP contribution in [0, 0.1) is 11.7 Å². The van der Waals surface area contributed by atoms with Crippen molar-refractivity contribution >= 4 is 34.2 Å². The number of fused-ring (bicyclic) bond motifs is 1. The van der Waals surface area contributed by atoms with Gasteiger partial charge in [-0.15, -0.1) is 0 Å². The summed E-state index contributed by atoms with van der Waals surface area (Å²) in [4.78, 5) is 12.3. The first-order valence-corrected chi connectivity index (χ1v) is 13.7. The number of aromatic amines is 2. The molecule has 1 aliphatic rings. The standard InChI is InChI=1S/C33H30F2N6/c1-4-27-29(30(35)19(2)22-16-23(18-36-17-22)37-20(3)21-10-5-6-11-21)32(41-40-27)33-38-28-15-9-13-25(31(28)39-33)24-12-7-8-14-26(24)34/h4,7-9,12-18,21,37,40H,2-3,5-6,10-11H2,1H3,(H,38,39)/b27-4+,30-29-. The van der Waals surface area contributed by atoms with E-state index in [0.717, 1.165) is 24.2 Å². The van der Waals surface area contributed by atoms with E-state index in [0.29, 0.717) is 50.5 Å². The third-order valence-electron chi connectivity index (χ3n) is 7.71. The number of H-pyrrole nitrogens is 2. The number of aromatic nitrogens is 5. The van der Waals surface area contributed by atoms with E-state index in [1.807, 2.05) is 24.3 Å². The van der Waals surface area contributed by atoms with E-state index in [4.69, 9.17) is 4.98 Å². The number of imidazole rings is 1. The van der Waals surface area contributed by atoms with E-state index >= 15 is 4.39 Å². The van der Waals surface area contributed by atoms with Crippen LogP contribution >= 0.6 is 0 Å². The number of benzene rings is 2. The van der Waals surface area contributed by atoms with Gasteiger partial charge in [-0.3, -0.25) is 10.1 Å². The highest BCUT2D eigenvalue weighted by Gasteiger charge is 2.20. The minimum absolute atomic E-state index is 0.168. The van der Waals surface area contributed by atoms with Crippen LogP contribution in [-0.4, -0.2) is 25.1 Å². The lowest BCUT2D eigenvalue weighted by atomic mass is 10.0. The number of nitrogens with zero attached hydrogens (tertiary/aromatic N) is 3. The molecule has 3 heterocycles. The number of allylic oxidation sites excluding steroid dienone is 2. The Balaban J connectivity index is 1.41. The quantitative estimate of drug-likeness (QED) is 0.208.